The van der Waals surface area contributed by atoms with Gasteiger partial charge in [-0.1, -0.05) is 32.4 Å². The molecule has 0 spiro atoms. The van der Waals surface area contributed by atoms with Gasteiger partial charge in [-0.2, -0.15) is 0 Å². The summed E-state index contributed by atoms with van der Waals surface area (Å²) < 4.78 is 0. The monoisotopic (exact) mass is 196 g/mol. The molecule has 0 radical (unpaired) electrons. The van der Waals surface area contributed by atoms with Gasteiger partial charge >= 0.3 is 0 Å². The molecule has 14 heavy (non-hydrogen) atoms. The summed E-state index contributed by atoms with van der Waals surface area (Å²) in [5.74, 6) is 0.576. The van der Waals surface area contributed by atoms with Gasteiger partial charge in [-0.3, -0.25) is 4.90 Å². The fraction of sp³-hybridized carbons (Fsp3) is 0.667. The second-order valence-corrected chi connectivity index (χ2v) is 3.85. The molecule has 0 aromatic carbocycles. The fourth-order valence-corrected chi connectivity index (χ4v) is 1.37. The third-order valence-electron chi connectivity index (χ3n) is 2.62. The van der Waals surface area contributed by atoms with Gasteiger partial charge in [-0.05, 0) is 5.92 Å². The Balaban J connectivity index is 3.99. The lowest BCUT2D eigenvalue weighted by atomic mass is 9.99. The Labute approximate surface area is 88.5 Å². The van der Waals surface area contributed by atoms with Crippen LogP contribution in [0.3, 0.4) is 0 Å². The summed E-state index contributed by atoms with van der Waals surface area (Å²) >= 11 is 0. The number of hydrogen-bond acceptors (Lipinski definition) is 2. The minimum Gasteiger partial charge on any atom is -0.326 e. The second-order valence-electron chi connectivity index (χ2n) is 3.85. The van der Waals surface area contributed by atoms with Gasteiger partial charge in [0.25, 0.3) is 0 Å². The Bertz CT molecular complexity index is 156. The van der Waals surface area contributed by atoms with E-state index in [1.54, 1.807) is 0 Å². The molecule has 0 aliphatic heterocycles. The highest BCUT2D eigenvalue weighted by molar-refractivity contribution is 4.83. The molecule has 0 amide bonds. The van der Waals surface area contributed by atoms with Gasteiger partial charge in [0.2, 0.25) is 0 Å². The van der Waals surface area contributed by atoms with Crippen LogP contribution in [0, 0.1) is 5.92 Å². The predicted molar refractivity (Wildman–Crippen MR) is 64.3 cm³/mol. The van der Waals surface area contributed by atoms with Gasteiger partial charge in [-0.25, -0.2) is 0 Å². The van der Waals surface area contributed by atoms with Crippen molar-refractivity contribution >= 4 is 0 Å². The maximum Gasteiger partial charge on any atom is 0.0193 e. The van der Waals surface area contributed by atoms with E-state index in [9.17, 15) is 0 Å². The van der Waals surface area contributed by atoms with Crippen molar-refractivity contribution in [3.63, 3.8) is 0 Å². The molecule has 82 valence electrons. The molecular formula is C12H24N2. The third kappa shape index (κ3) is 5.20. The molecule has 0 saturated heterocycles. The molecule has 0 fully saturated rings. The topological polar surface area (TPSA) is 29.3 Å². The van der Waals surface area contributed by atoms with E-state index in [4.69, 9.17) is 5.73 Å². The summed E-state index contributed by atoms with van der Waals surface area (Å²) in [5.41, 5.74) is 6.08. The number of nitrogens with zero attached hydrogens (tertiary/aromatic N) is 1. The van der Waals surface area contributed by atoms with Crippen molar-refractivity contribution in [1.29, 1.82) is 0 Å². The molecule has 2 heteroatoms. The van der Waals surface area contributed by atoms with Crippen molar-refractivity contribution < 1.29 is 0 Å². The second kappa shape index (κ2) is 7.77. The van der Waals surface area contributed by atoms with Crippen LogP contribution in [0.15, 0.2) is 25.3 Å². The van der Waals surface area contributed by atoms with Gasteiger partial charge in [-0.15, -0.1) is 13.2 Å². The zero-order chi connectivity index (χ0) is 11.0. The molecule has 0 saturated carbocycles. The summed E-state index contributed by atoms with van der Waals surface area (Å²) in [4.78, 5) is 2.26. The normalized spacial score (nSPS) is 15.1. The van der Waals surface area contributed by atoms with Crippen LogP contribution in [-0.4, -0.2) is 30.6 Å². The molecule has 0 aliphatic rings. The number of hydrogen-bond donors (Lipinski definition) is 1. The van der Waals surface area contributed by atoms with Gasteiger partial charge < -0.3 is 5.73 Å². The van der Waals surface area contributed by atoms with E-state index in [1.807, 2.05) is 12.2 Å². The Morgan fingerprint density at radius 1 is 1.29 bits per heavy atom. The van der Waals surface area contributed by atoms with Gasteiger partial charge in [0.15, 0.2) is 0 Å². The minimum atomic E-state index is 0.250. The van der Waals surface area contributed by atoms with Crippen LogP contribution in [0.4, 0.5) is 0 Å². The maximum atomic E-state index is 6.08. The third-order valence-corrected chi connectivity index (χ3v) is 2.62. The first kappa shape index (κ1) is 13.4. The van der Waals surface area contributed by atoms with Gasteiger partial charge in [0.1, 0.15) is 0 Å². The van der Waals surface area contributed by atoms with E-state index in [2.05, 4.69) is 31.9 Å². The van der Waals surface area contributed by atoms with Crippen LogP contribution < -0.4 is 5.73 Å². The molecule has 0 rings (SSSR count). The van der Waals surface area contributed by atoms with Crippen LogP contribution in [0.1, 0.15) is 20.3 Å². The van der Waals surface area contributed by atoms with Crippen LogP contribution in [0.25, 0.3) is 0 Å². The van der Waals surface area contributed by atoms with E-state index in [-0.39, 0.29) is 6.04 Å². The summed E-state index contributed by atoms with van der Waals surface area (Å²) in [5, 5.41) is 0. The molecule has 0 aromatic rings. The van der Waals surface area contributed by atoms with Crippen molar-refractivity contribution in [2.45, 2.75) is 26.3 Å². The molecule has 2 N–H and O–H groups in total. The van der Waals surface area contributed by atoms with Gasteiger partial charge in [0.05, 0.1) is 0 Å². The fourth-order valence-electron chi connectivity index (χ4n) is 1.37. The molecule has 0 heterocycles. The van der Waals surface area contributed by atoms with Crippen LogP contribution in [0.2, 0.25) is 0 Å². The summed E-state index contributed by atoms with van der Waals surface area (Å²) in [7, 11) is 0. The Hall–Kier alpha value is -0.600. The predicted octanol–water partition coefficient (Wildman–Crippen LogP) is 2.03. The number of rotatable bonds is 8. The average molecular weight is 196 g/mol. The highest BCUT2D eigenvalue weighted by atomic mass is 15.1. The van der Waals surface area contributed by atoms with Crippen molar-refractivity contribution in [1.82, 2.24) is 4.90 Å². The Morgan fingerprint density at radius 2 is 1.79 bits per heavy atom. The molecular weight excluding hydrogens is 172 g/mol. The van der Waals surface area contributed by atoms with E-state index in [0.29, 0.717) is 5.92 Å². The Kier molecular flexibility index (Phi) is 7.44. The lowest BCUT2D eigenvalue weighted by molar-refractivity contribution is 0.273. The molecule has 0 unspecified atom stereocenters. The van der Waals surface area contributed by atoms with Crippen LogP contribution >= 0.6 is 0 Å². The molecule has 2 atom stereocenters. The van der Waals surface area contributed by atoms with E-state index >= 15 is 0 Å². The van der Waals surface area contributed by atoms with Gasteiger partial charge in [0, 0.05) is 25.7 Å². The van der Waals surface area contributed by atoms with E-state index in [1.165, 1.54) is 0 Å². The lowest BCUT2D eigenvalue weighted by Gasteiger charge is -2.26. The first-order valence-electron chi connectivity index (χ1n) is 5.35. The van der Waals surface area contributed by atoms with Crippen LogP contribution in [-0.2, 0) is 0 Å². The van der Waals surface area contributed by atoms with Crippen LogP contribution in [0.5, 0.6) is 0 Å². The van der Waals surface area contributed by atoms with Crippen molar-refractivity contribution in [3.8, 4) is 0 Å². The zero-order valence-electron chi connectivity index (χ0n) is 9.58. The SMILES string of the molecule is C=CCN(CC=C)C[C@@H](N)[C@H](C)CC. The standard InChI is InChI=1S/C12H24N2/c1-5-8-14(9-6-2)10-12(13)11(4)7-3/h5-6,11-12H,1-2,7-10,13H2,3-4H3/t11-,12-/m1/s1. The Morgan fingerprint density at radius 3 is 2.14 bits per heavy atom. The summed E-state index contributed by atoms with van der Waals surface area (Å²) in [6.07, 6.45) is 4.96. The van der Waals surface area contributed by atoms with Crippen molar-refractivity contribution in [2.75, 3.05) is 19.6 Å². The molecule has 0 aromatic heterocycles. The average Bonchev–Trinajstić information content (AvgIpc) is 2.17. The lowest BCUT2D eigenvalue weighted by Crippen LogP contribution is -2.41. The first-order valence-corrected chi connectivity index (χ1v) is 5.35. The van der Waals surface area contributed by atoms with E-state index in [0.717, 1.165) is 26.1 Å². The zero-order valence-corrected chi connectivity index (χ0v) is 9.58. The number of nitrogens with two attached hydrogens (primary N) is 1. The summed E-state index contributed by atoms with van der Waals surface area (Å²) in [6.45, 7) is 14.5. The minimum absolute atomic E-state index is 0.250. The maximum absolute atomic E-state index is 6.08. The highest BCUT2D eigenvalue weighted by Crippen LogP contribution is 2.06. The first-order chi connectivity index (χ1) is 6.65. The molecule has 0 bridgehead atoms. The van der Waals surface area contributed by atoms with E-state index < -0.39 is 0 Å². The highest BCUT2D eigenvalue weighted by Gasteiger charge is 2.13. The largest absolute Gasteiger partial charge is 0.326 e. The quantitative estimate of drug-likeness (QED) is 0.602. The molecule has 0 aliphatic carbocycles. The smallest absolute Gasteiger partial charge is 0.0193 e. The summed E-state index contributed by atoms with van der Waals surface area (Å²) in [6, 6.07) is 0.250. The molecule has 2 nitrogen and oxygen atoms in total. The van der Waals surface area contributed by atoms with Crippen molar-refractivity contribution in [2.24, 2.45) is 11.7 Å². The van der Waals surface area contributed by atoms with Crippen molar-refractivity contribution in [3.05, 3.63) is 25.3 Å².